The minimum absolute atomic E-state index is 0.0116. The summed E-state index contributed by atoms with van der Waals surface area (Å²) in [6, 6.07) is 4.92. The Kier molecular flexibility index (Phi) is 5.03. The maximum Gasteiger partial charge on any atom is 0.270 e. The Hall–Kier alpha value is -1.97. The number of nitro benzene ring substituents is 1. The third-order valence-electron chi connectivity index (χ3n) is 3.31. The van der Waals surface area contributed by atoms with Crippen molar-refractivity contribution < 1.29 is 13.3 Å². The Balaban J connectivity index is 2.34. The molecule has 0 amide bonds. The van der Waals surface area contributed by atoms with Crippen molar-refractivity contribution in [2.24, 2.45) is 0 Å². The van der Waals surface area contributed by atoms with Gasteiger partial charge in [-0.3, -0.25) is 14.8 Å². The van der Waals surface area contributed by atoms with Gasteiger partial charge in [-0.1, -0.05) is 17.7 Å². The van der Waals surface area contributed by atoms with Crippen LogP contribution in [0.25, 0.3) is 0 Å². The SMILES string of the molecule is CCn1ncc(Cl)c1CN(C)S(=O)(=O)c1cccc([N+](=O)[O-])c1. The molecule has 0 bridgehead atoms. The number of aromatic nitrogens is 2. The van der Waals surface area contributed by atoms with E-state index in [1.165, 1.54) is 31.4 Å². The zero-order valence-corrected chi connectivity index (χ0v) is 14.1. The van der Waals surface area contributed by atoms with Crippen molar-refractivity contribution in [1.82, 2.24) is 14.1 Å². The van der Waals surface area contributed by atoms with Gasteiger partial charge in [-0.05, 0) is 13.0 Å². The summed E-state index contributed by atoms with van der Waals surface area (Å²) in [7, 11) is -2.50. The first-order valence-electron chi connectivity index (χ1n) is 6.68. The summed E-state index contributed by atoms with van der Waals surface area (Å²) in [6.45, 7) is 2.42. The number of benzene rings is 1. The molecular formula is C13H15ClN4O4S. The summed E-state index contributed by atoms with van der Waals surface area (Å²) in [5, 5.41) is 15.2. The van der Waals surface area contributed by atoms with Crippen molar-refractivity contribution in [1.29, 1.82) is 0 Å². The first-order chi connectivity index (χ1) is 10.8. The molecule has 0 unspecified atom stereocenters. The largest absolute Gasteiger partial charge is 0.270 e. The first-order valence-corrected chi connectivity index (χ1v) is 8.50. The van der Waals surface area contributed by atoms with E-state index >= 15 is 0 Å². The molecule has 8 nitrogen and oxygen atoms in total. The number of nitro groups is 1. The average Bonchev–Trinajstić information content (AvgIpc) is 2.87. The quantitative estimate of drug-likeness (QED) is 0.582. The highest BCUT2D eigenvalue weighted by Crippen LogP contribution is 2.23. The van der Waals surface area contributed by atoms with Crippen LogP contribution < -0.4 is 0 Å². The second-order valence-corrected chi connectivity index (χ2v) is 7.22. The number of sulfonamides is 1. The Bertz CT molecular complexity index is 834. The number of rotatable bonds is 6. The van der Waals surface area contributed by atoms with Crippen molar-refractivity contribution in [2.45, 2.75) is 24.9 Å². The van der Waals surface area contributed by atoms with E-state index in [1.54, 1.807) is 4.68 Å². The monoisotopic (exact) mass is 358 g/mol. The Morgan fingerprint density at radius 1 is 1.43 bits per heavy atom. The Morgan fingerprint density at radius 3 is 2.74 bits per heavy atom. The van der Waals surface area contributed by atoms with Crippen molar-refractivity contribution >= 4 is 27.3 Å². The highest BCUT2D eigenvalue weighted by Gasteiger charge is 2.25. The normalized spacial score (nSPS) is 11.8. The van der Waals surface area contributed by atoms with Crippen LogP contribution in [0.5, 0.6) is 0 Å². The molecule has 1 aromatic carbocycles. The van der Waals surface area contributed by atoms with Gasteiger partial charge < -0.3 is 0 Å². The molecule has 0 radical (unpaired) electrons. The van der Waals surface area contributed by atoms with E-state index in [0.29, 0.717) is 17.3 Å². The summed E-state index contributed by atoms with van der Waals surface area (Å²) in [5.41, 5.74) is 0.279. The summed E-state index contributed by atoms with van der Waals surface area (Å²) < 4.78 is 27.8. The van der Waals surface area contributed by atoms with E-state index < -0.39 is 14.9 Å². The van der Waals surface area contributed by atoms with Gasteiger partial charge in [0.2, 0.25) is 10.0 Å². The van der Waals surface area contributed by atoms with E-state index in [9.17, 15) is 18.5 Å². The minimum Gasteiger partial charge on any atom is -0.267 e. The van der Waals surface area contributed by atoms with E-state index in [2.05, 4.69) is 5.10 Å². The topological polar surface area (TPSA) is 98.3 Å². The van der Waals surface area contributed by atoms with Crippen LogP contribution in [0, 0.1) is 10.1 Å². The van der Waals surface area contributed by atoms with Crippen LogP contribution in [0.1, 0.15) is 12.6 Å². The summed E-state index contributed by atoms with van der Waals surface area (Å²) >= 11 is 6.04. The highest BCUT2D eigenvalue weighted by atomic mass is 35.5. The molecule has 0 fully saturated rings. The Labute approximate surface area is 138 Å². The molecule has 0 aliphatic carbocycles. The number of halogens is 1. The maximum absolute atomic E-state index is 12.6. The fourth-order valence-corrected chi connectivity index (χ4v) is 3.42. The first kappa shape index (κ1) is 17.4. The minimum atomic E-state index is -3.88. The second kappa shape index (κ2) is 6.65. The lowest BCUT2D eigenvalue weighted by molar-refractivity contribution is -0.385. The fraction of sp³-hybridized carbons (Fsp3) is 0.308. The molecule has 0 aliphatic heterocycles. The molecule has 0 saturated carbocycles. The number of hydrogen-bond acceptors (Lipinski definition) is 5. The van der Waals surface area contributed by atoms with Crippen molar-refractivity contribution in [2.75, 3.05) is 7.05 Å². The van der Waals surface area contributed by atoms with Gasteiger partial charge in [-0.25, -0.2) is 8.42 Å². The predicted octanol–water partition coefficient (Wildman–Crippen LogP) is 2.29. The maximum atomic E-state index is 12.6. The van der Waals surface area contributed by atoms with E-state index in [4.69, 9.17) is 11.6 Å². The number of hydrogen-bond donors (Lipinski definition) is 0. The van der Waals surface area contributed by atoms with Crippen LogP contribution in [0.4, 0.5) is 5.69 Å². The molecule has 0 N–H and O–H groups in total. The zero-order chi connectivity index (χ0) is 17.2. The molecule has 124 valence electrons. The molecular weight excluding hydrogens is 344 g/mol. The summed E-state index contributed by atoms with van der Waals surface area (Å²) in [6.07, 6.45) is 1.45. The zero-order valence-electron chi connectivity index (χ0n) is 12.5. The van der Waals surface area contributed by atoms with Crippen LogP contribution >= 0.6 is 11.6 Å². The lowest BCUT2D eigenvalue weighted by Gasteiger charge is -2.18. The van der Waals surface area contributed by atoms with Crippen LogP contribution in [-0.4, -0.2) is 34.5 Å². The van der Waals surface area contributed by atoms with E-state index in [0.717, 1.165) is 10.4 Å². The lowest BCUT2D eigenvalue weighted by atomic mass is 10.3. The van der Waals surface area contributed by atoms with Crippen LogP contribution in [-0.2, 0) is 23.1 Å². The third kappa shape index (κ3) is 3.52. The molecule has 23 heavy (non-hydrogen) atoms. The fourth-order valence-electron chi connectivity index (χ4n) is 2.05. The summed E-state index contributed by atoms with van der Waals surface area (Å²) in [4.78, 5) is 10.0. The molecule has 0 aliphatic rings. The van der Waals surface area contributed by atoms with Gasteiger partial charge in [0.05, 0.1) is 33.3 Å². The van der Waals surface area contributed by atoms with Gasteiger partial charge in [0.1, 0.15) is 0 Å². The summed E-state index contributed by atoms with van der Waals surface area (Å²) in [5.74, 6) is 0. The van der Waals surface area contributed by atoms with Gasteiger partial charge in [0.15, 0.2) is 0 Å². The predicted molar refractivity (Wildman–Crippen MR) is 84.7 cm³/mol. The van der Waals surface area contributed by atoms with Crippen LogP contribution in [0.15, 0.2) is 35.4 Å². The molecule has 10 heteroatoms. The van der Waals surface area contributed by atoms with Gasteiger partial charge in [-0.2, -0.15) is 9.40 Å². The van der Waals surface area contributed by atoms with Crippen molar-refractivity contribution in [3.63, 3.8) is 0 Å². The van der Waals surface area contributed by atoms with Gasteiger partial charge in [0, 0.05) is 25.7 Å². The number of aryl methyl sites for hydroxylation is 1. The number of non-ortho nitro benzene ring substituents is 1. The highest BCUT2D eigenvalue weighted by molar-refractivity contribution is 7.89. The molecule has 2 aromatic rings. The van der Waals surface area contributed by atoms with Crippen LogP contribution in [0.2, 0.25) is 5.02 Å². The molecule has 1 aromatic heterocycles. The van der Waals surface area contributed by atoms with Crippen molar-refractivity contribution in [3.05, 3.63) is 51.3 Å². The molecule has 0 spiro atoms. The number of nitrogens with zero attached hydrogens (tertiary/aromatic N) is 4. The van der Waals surface area contributed by atoms with Crippen LogP contribution in [0.3, 0.4) is 0 Å². The van der Waals surface area contributed by atoms with E-state index in [1.807, 2.05) is 6.92 Å². The molecule has 1 heterocycles. The van der Waals surface area contributed by atoms with Crippen molar-refractivity contribution in [3.8, 4) is 0 Å². The van der Waals surface area contributed by atoms with Gasteiger partial charge in [-0.15, -0.1) is 0 Å². The molecule has 0 saturated heterocycles. The smallest absolute Gasteiger partial charge is 0.267 e. The van der Waals surface area contributed by atoms with Gasteiger partial charge >= 0.3 is 0 Å². The molecule has 2 rings (SSSR count). The standard InChI is InChI=1S/C13H15ClN4O4S/c1-3-17-13(12(14)8-15-17)9-16(2)23(21,22)11-6-4-5-10(7-11)18(19)20/h4-8H,3,9H2,1-2H3. The second-order valence-electron chi connectivity index (χ2n) is 4.77. The lowest BCUT2D eigenvalue weighted by Crippen LogP contribution is -2.28. The van der Waals surface area contributed by atoms with Gasteiger partial charge in [0.25, 0.3) is 5.69 Å². The third-order valence-corrected chi connectivity index (χ3v) is 5.42. The average molecular weight is 359 g/mol. The van der Waals surface area contributed by atoms with E-state index in [-0.39, 0.29) is 17.1 Å². The molecule has 0 atom stereocenters. The Morgan fingerprint density at radius 2 is 2.13 bits per heavy atom.